The van der Waals surface area contributed by atoms with E-state index < -0.39 is 0 Å². The topological polar surface area (TPSA) is 54.9 Å². The summed E-state index contributed by atoms with van der Waals surface area (Å²) in [6.45, 7) is 0. The summed E-state index contributed by atoms with van der Waals surface area (Å²) in [5.74, 6) is -0.220. The Bertz CT molecular complexity index is 783. The molecule has 4 nitrogen and oxygen atoms in total. The molecule has 0 saturated heterocycles. The molecule has 1 N–H and O–H groups in total. The van der Waals surface area contributed by atoms with Gasteiger partial charge in [-0.1, -0.05) is 59.9 Å². The van der Waals surface area contributed by atoms with E-state index in [-0.39, 0.29) is 5.91 Å². The Labute approximate surface area is 132 Å². The van der Waals surface area contributed by atoms with Gasteiger partial charge in [0.25, 0.3) is 0 Å². The Morgan fingerprint density at radius 3 is 2.64 bits per heavy atom. The summed E-state index contributed by atoms with van der Waals surface area (Å²) in [4.78, 5) is 11.8. The molecule has 0 aliphatic heterocycles. The van der Waals surface area contributed by atoms with Crippen molar-refractivity contribution in [2.45, 2.75) is 0 Å². The van der Waals surface area contributed by atoms with Crippen molar-refractivity contribution >= 4 is 28.5 Å². The molecule has 0 unspecified atom stereocenters. The highest BCUT2D eigenvalue weighted by Crippen LogP contribution is 2.20. The van der Waals surface area contributed by atoms with Crippen LogP contribution in [0.4, 0.5) is 5.13 Å². The third-order valence-electron chi connectivity index (χ3n) is 3.01. The molecule has 5 heteroatoms. The van der Waals surface area contributed by atoms with Gasteiger partial charge in [-0.25, -0.2) is 0 Å². The first-order valence-corrected chi connectivity index (χ1v) is 7.60. The number of nitrogens with one attached hydrogen (secondary N) is 1. The van der Waals surface area contributed by atoms with Gasteiger partial charge in [0.15, 0.2) is 0 Å². The number of anilines is 1. The Morgan fingerprint density at radius 1 is 1.05 bits per heavy atom. The number of hydrogen-bond acceptors (Lipinski definition) is 4. The van der Waals surface area contributed by atoms with E-state index in [4.69, 9.17) is 0 Å². The molecule has 0 aliphatic rings. The molecule has 3 aromatic rings. The van der Waals surface area contributed by atoms with Crippen molar-refractivity contribution in [3.8, 4) is 11.1 Å². The van der Waals surface area contributed by atoms with Crippen LogP contribution in [-0.4, -0.2) is 16.1 Å². The molecule has 0 bridgehead atoms. The first kappa shape index (κ1) is 14.2. The highest BCUT2D eigenvalue weighted by molar-refractivity contribution is 7.13. The van der Waals surface area contributed by atoms with Gasteiger partial charge in [0.2, 0.25) is 11.0 Å². The van der Waals surface area contributed by atoms with E-state index in [0.717, 1.165) is 16.7 Å². The number of hydrogen-bond donors (Lipinski definition) is 1. The predicted molar refractivity (Wildman–Crippen MR) is 89.5 cm³/mol. The third-order valence-corrected chi connectivity index (χ3v) is 3.62. The zero-order valence-electron chi connectivity index (χ0n) is 11.6. The summed E-state index contributed by atoms with van der Waals surface area (Å²) in [6, 6.07) is 18.2. The molecule has 0 fully saturated rings. The van der Waals surface area contributed by atoms with Gasteiger partial charge in [0, 0.05) is 6.08 Å². The fraction of sp³-hybridized carbons (Fsp3) is 0. The largest absolute Gasteiger partial charge is 0.297 e. The van der Waals surface area contributed by atoms with Crippen LogP contribution in [-0.2, 0) is 4.79 Å². The third kappa shape index (κ3) is 3.65. The lowest BCUT2D eigenvalue weighted by atomic mass is 10.0. The second-order valence-corrected chi connectivity index (χ2v) is 5.39. The van der Waals surface area contributed by atoms with Crippen LogP contribution in [0.25, 0.3) is 17.2 Å². The average Bonchev–Trinajstić information content (AvgIpc) is 3.07. The summed E-state index contributed by atoms with van der Waals surface area (Å²) in [6.07, 6.45) is 3.27. The number of amides is 1. The maximum absolute atomic E-state index is 11.8. The first-order chi connectivity index (χ1) is 10.8. The second kappa shape index (κ2) is 6.78. The van der Waals surface area contributed by atoms with Crippen LogP contribution in [0, 0.1) is 0 Å². The molecule has 108 valence electrons. The van der Waals surface area contributed by atoms with Gasteiger partial charge >= 0.3 is 0 Å². The van der Waals surface area contributed by atoms with Gasteiger partial charge in [-0.05, 0) is 28.8 Å². The molecule has 0 spiro atoms. The summed E-state index contributed by atoms with van der Waals surface area (Å²) in [7, 11) is 0. The minimum atomic E-state index is -0.220. The van der Waals surface area contributed by atoms with Gasteiger partial charge in [0.1, 0.15) is 5.51 Å². The molecule has 1 aromatic heterocycles. The van der Waals surface area contributed by atoms with E-state index in [1.165, 1.54) is 17.4 Å². The highest BCUT2D eigenvalue weighted by Gasteiger charge is 2.01. The highest BCUT2D eigenvalue weighted by atomic mass is 32.1. The van der Waals surface area contributed by atoms with Crippen LogP contribution >= 0.6 is 11.3 Å². The van der Waals surface area contributed by atoms with Gasteiger partial charge in [-0.15, -0.1) is 10.2 Å². The van der Waals surface area contributed by atoms with Crippen LogP contribution in [0.2, 0.25) is 0 Å². The lowest BCUT2D eigenvalue weighted by molar-refractivity contribution is -0.111. The number of benzene rings is 2. The van der Waals surface area contributed by atoms with E-state index in [2.05, 4.69) is 27.6 Å². The summed E-state index contributed by atoms with van der Waals surface area (Å²) in [5.41, 5.74) is 4.81. The van der Waals surface area contributed by atoms with E-state index in [0.29, 0.717) is 5.13 Å². The molecule has 2 aromatic carbocycles. The molecule has 1 heterocycles. The number of aromatic nitrogens is 2. The van der Waals surface area contributed by atoms with Crippen molar-refractivity contribution in [3.63, 3.8) is 0 Å². The number of carbonyl (C=O) groups excluding carboxylic acids is 1. The molecule has 3 rings (SSSR count). The minimum Gasteiger partial charge on any atom is -0.297 e. The van der Waals surface area contributed by atoms with E-state index in [9.17, 15) is 4.79 Å². The van der Waals surface area contributed by atoms with Crippen molar-refractivity contribution in [2.75, 3.05) is 5.32 Å². The number of nitrogens with zero attached hydrogens (tertiary/aromatic N) is 2. The van der Waals surface area contributed by atoms with E-state index in [1.807, 2.05) is 42.5 Å². The Balaban J connectivity index is 1.73. The fourth-order valence-corrected chi connectivity index (χ4v) is 2.45. The van der Waals surface area contributed by atoms with Crippen LogP contribution in [0.5, 0.6) is 0 Å². The van der Waals surface area contributed by atoms with Gasteiger partial charge in [-0.2, -0.15) is 0 Å². The normalized spacial score (nSPS) is 10.7. The SMILES string of the molecule is O=C(C=Cc1cccc(-c2ccccc2)c1)Nc1nncs1. The van der Waals surface area contributed by atoms with Crippen LogP contribution in [0.3, 0.4) is 0 Å². The second-order valence-electron chi connectivity index (χ2n) is 4.56. The van der Waals surface area contributed by atoms with Crippen molar-refractivity contribution in [1.82, 2.24) is 10.2 Å². The molecule has 1 amide bonds. The number of carbonyl (C=O) groups is 1. The Morgan fingerprint density at radius 2 is 1.86 bits per heavy atom. The van der Waals surface area contributed by atoms with Crippen LogP contribution in [0.1, 0.15) is 5.56 Å². The van der Waals surface area contributed by atoms with Crippen molar-refractivity contribution in [3.05, 3.63) is 71.7 Å². The average molecular weight is 307 g/mol. The zero-order chi connectivity index (χ0) is 15.2. The van der Waals surface area contributed by atoms with E-state index >= 15 is 0 Å². The predicted octanol–water partition coefficient (Wildman–Crippen LogP) is 3.86. The first-order valence-electron chi connectivity index (χ1n) is 6.72. The van der Waals surface area contributed by atoms with Crippen molar-refractivity contribution < 1.29 is 4.79 Å². The van der Waals surface area contributed by atoms with Crippen LogP contribution in [0.15, 0.2) is 66.2 Å². The van der Waals surface area contributed by atoms with Gasteiger partial charge in [0.05, 0.1) is 0 Å². The fourth-order valence-electron chi connectivity index (χ4n) is 2.00. The summed E-state index contributed by atoms with van der Waals surface area (Å²) in [5, 5.41) is 10.6. The zero-order valence-corrected chi connectivity index (χ0v) is 12.5. The Kier molecular flexibility index (Phi) is 4.36. The maximum atomic E-state index is 11.8. The molecule has 0 saturated carbocycles. The summed E-state index contributed by atoms with van der Waals surface area (Å²) >= 11 is 1.28. The quantitative estimate of drug-likeness (QED) is 0.745. The maximum Gasteiger partial charge on any atom is 0.250 e. The molecular weight excluding hydrogens is 294 g/mol. The monoisotopic (exact) mass is 307 g/mol. The standard InChI is InChI=1S/C17H13N3OS/c21-16(19-17-20-18-12-22-17)10-9-13-5-4-8-15(11-13)14-6-2-1-3-7-14/h1-12H,(H,19,20,21). The summed E-state index contributed by atoms with van der Waals surface area (Å²) < 4.78 is 0. The smallest absolute Gasteiger partial charge is 0.250 e. The molecular formula is C17H13N3OS. The van der Waals surface area contributed by atoms with Gasteiger partial charge < -0.3 is 0 Å². The lowest BCUT2D eigenvalue weighted by Gasteiger charge is -2.02. The van der Waals surface area contributed by atoms with Crippen molar-refractivity contribution in [2.24, 2.45) is 0 Å². The Hall–Kier alpha value is -2.79. The van der Waals surface area contributed by atoms with Crippen LogP contribution < -0.4 is 5.32 Å². The lowest BCUT2D eigenvalue weighted by Crippen LogP contribution is -2.07. The molecule has 0 radical (unpaired) electrons. The van der Waals surface area contributed by atoms with Crippen molar-refractivity contribution in [1.29, 1.82) is 0 Å². The van der Waals surface area contributed by atoms with E-state index in [1.54, 1.807) is 11.6 Å². The molecule has 22 heavy (non-hydrogen) atoms. The van der Waals surface area contributed by atoms with Gasteiger partial charge in [-0.3, -0.25) is 10.1 Å². The molecule has 0 atom stereocenters. The minimum absolute atomic E-state index is 0.220. The number of rotatable bonds is 4. The molecule has 0 aliphatic carbocycles.